The number of hydrogen-bond donors (Lipinski definition) is 1. The van der Waals surface area contributed by atoms with Gasteiger partial charge in [0.25, 0.3) is 5.56 Å². The number of carbonyl (C=O) groups excluding carboxylic acids is 2. The largest absolute Gasteiger partial charge is 0.355 e. The van der Waals surface area contributed by atoms with Crippen LogP contribution in [0.1, 0.15) is 17.7 Å². The molecule has 156 valence electrons. The van der Waals surface area contributed by atoms with E-state index >= 15 is 0 Å². The molecule has 3 heterocycles. The van der Waals surface area contributed by atoms with Crippen molar-refractivity contribution < 1.29 is 9.59 Å². The lowest BCUT2D eigenvalue weighted by molar-refractivity contribution is -0.136. The number of benzene rings is 1. The van der Waals surface area contributed by atoms with Gasteiger partial charge in [-0.05, 0) is 42.8 Å². The van der Waals surface area contributed by atoms with Crippen molar-refractivity contribution >= 4 is 34.2 Å². The van der Waals surface area contributed by atoms with Crippen molar-refractivity contribution in [3.05, 3.63) is 63.2 Å². The number of piperidine rings is 1. The Bertz CT molecular complexity index is 1090. The highest BCUT2D eigenvalue weighted by Gasteiger charge is 2.27. The Hall–Kier alpha value is -3.00. The fraction of sp³-hybridized carbons (Fsp3) is 0.364. The number of nitrogens with zero attached hydrogens (tertiary/aromatic N) is 3. The summed E-state index contributed by atoms with van der Waals surface area (Å²) in [5.74, 6) is -0.109. The number of thiophene rings is 1. The summed E-state index contributed by atoms with van der Waals surface area (Å²) in [6.45, 7) is 1.68. The zero-order chi connectivity index (χ0) is 20.9. The highest BCUT2D eigenvalue weighted by atomic mass is 32.1. The van der Waals surface area contributed by atoms with Gasteiger partial charge in [0.15, 0.2) is 0 Å². The number of hydrogen-bond acceptors (Lipinski definition) is 5. The first-order chi connectivity index (χ1) is 14.6. The van der Waals surface area contributed by atoms with E-state index in [1.165, 1.54) is 15.6 Å². The van der Waals surface area contributed by atoms with Gasteiger partial charge in [-0.15, -0.1) is 11.3 Å². The van der Waals surface area contributed by atoms with Crippen LogP contribution in [-0.2, 0) is 22.6 Å². The predicted molar refractivity (Wildman–Crippen MR) is 116 cm³/mol. The Balaban J connectivity index is 1.30. The number of amides is 2. The van der Waals surface area contributed by atoms with Gasteiger partial charge < -0.3 is 10.2 Å². The van der Waals surface area contributed by atoms with Crippen LogP contribution in [0.4, 0.5) is 0 Å². The third-order valence-corrected chi connectivity index (χ3v) is 6.45. The van der Waals surface area contributed by atoms with Crippen molar-refractivity contribution in [2.75, 3.05) is 19.6 Å². The molecule has 0 saturated carbocycles. The van der Waals surface area contributed by atoms with Crippen LogP contribution < -0.4 is 10.9 Å². The van der Waals surface area contributed by atoms with Crippen molar-refractivity contribution in [1.82, 2.24) is 19.8 Å². The van der Waals surface area contributed by atoms with E-state index in [0.717, 1.165) is 6.42 Å². The molecule has 1 fully saturated rings. The molecule has 3 aromatic rings. The molecule has 1 saturated heterocycles. The van der Waals surface area contributed by atoms with Gasteiger partial charge in [-0.2, -0.15) is 0 Å². The van der Waals surface area contributed by atoms with Crippen LogP contribution in [0.5, 0.6) is 0 Å². The van der Waals surface area contributed by atoms with E-state index in [4.69, 9.17) is 0 Å². The van der Waals surface area contributed by atoms with Crippen molar-refractivity contribution in [2.24, 2.45) is 5.92 Å². The lowest BCUT2D eigenvalue weighted by Crippen LogP contribution is -2.45. The maximum absolute atomic E-state index is 12.8. The fourth-order valence-electron chi connectivity index (χ4n) is 3.81. The van der Waals surface area contributed by atoms with Crippen LogP contribution in [0.3, 0.4) is 0 Å². The van der Waals surface area contributed by atoms with Crippen LogP contribution in [0.2, 0.25) is 0 Å². The Kier molecular flexibility index (Phi) is 6.23. The molecule has 1 N–H and O–H groups in total. The molecule has 8 heteroatoms. The summed E-state index contributed by atoms with van der Waals surface area (Å²) >= 11 is 1.69. The fourth-order valence-corrected chi connectivity index (χ4v) is 4.52. The zero-order valence-electron chi connectivity index (χ0n) is 16.6. The van der Waals surface area contributed by atoms with E-state index in [1.54, 1.807) is 22.3 Å². The highest BCUT2D eigenvalue weighted by Crippen LogP contribution is 2.18. The topological polar surface area (TPSA) is 84.3 Å². The molecule has 30 heavy (non-hydrogen) atoms. The molecule has 0 bridgehead atoms. The second-order valence-electron chi connectivity index (χ2n) is 7.45. The first-order valence-corrected chi connectivity index (χ1v) is 11.0. The number of carbonyl (C=O) groups is 2. The smallest absolute Gasteiger partial charge is 0.269 e. The van der Waals surface area contributed by atoms with Gasteiger partial charge in [0.2, 0.25) is 11.8 Å². The molecule has 1 aliphatic heterocycles. The van der Waals surface area contributed by atoms with Crippen molar-refractivity contribution in [3.63, 3.8) is 0 Å². The molecule has 4 rings (SSSR count). The lowest BCUT2D eigenvalue weighted by atomic mass is 9.96. The van der Waals surface area contributed by atoms with Gasteiger partial charge in [0.1, 0.15) is 6.54 Å². The molecular weight excluding hydrogens is 400 g/mol. The van der Waals surface area contributed by atoms with Crippen LogP contribution in [0.15, 0.2) is 52.8 Å². The van der Waals surface area contributed by atoms with Crippen LogP contribution in [0.25, 0.3) is 11.0 Å². The van der Waals surface area contributed by atoms with E-state index in [-0.39, 0.29) is 29.8 Å². The van der Waals surface area contributed by atoms with Gasteiger partial charge in [0.05, 0.1) is 17.2 Å². The van der Waals surface area contributed by atoms with E-state index < -0.39 is 0 Å². The first kappa shape index (κ1) is 20.3. The molecule has 0 spiro atoms. The monoisotopic (exact) mass is 424 g/mol. The average molecular weight is 425 g/mol. The molecule has 2 aromatic heterocycles. The van der Waals surface area contributed by atoms with Gasteiger partial charge >= 0.3 is 0 Å². The lowest BCUT2D eigenvalue weighted by Gasteiger charge is -2.31. The molecule has 0 radical (unpaired) electrons. The second kappa shape index (κ2) is 9.21. The summed E-state index contributed by atoms with van der Waals surface area (Å²) in [5.41, 5.74) is 1.04. The molecule has 0 unspecified atom stereocenters. The average Bonchev–Trinajstić information content (AvgIpc) is 3.29. The Morgan fingerprint density at radius 1 is 1.13 bits per heavy atom. The van der Waals surface area contributed by atoms with Gasteiger partial charge in [-0.25, -0.2) is 4.98 Å². The summed E-state index contributed by atoms with van der Waals surface area (Å²) in [4.78, 5) is 44.6. The number of aromatic nitrogens is 2. The third-order valence-electron chi connectivity index (χ3n) is 5.52. The number of fused-ring (bicyclic) bond motifs is 1. The Labute approximate surface area is 178 Å². The molecule has 0 atom stereocenters. The van der Waals surface area contributed by atoms with Gasteiger partial charge in [0, 0.05) is 30.4 Å². The van der Waals surface area contributed by atoms with E-state index in [1.807, 2.05) is 29.6 Å². The maximum Gasteiger partial charge on any atom is 0.269 e. The van der Waals surface area contributed by atoms with Gasteiger partial charge in [-0.3, -0.25) is 19.0 Å². The minimum absolute atomic E-state index is 0.0143. The molecule has 1 aromatic carbocycles. The zero-order valence-corrected chi connectivity index (χ0v) is 17.4. The summed E-state index contributed by atoms with van der Waals surface area (Å²) in [5, 5.41) is 5.05. The second-order valence-corrected chi connectivity index (χ2v) is 8.48. The number of likely N-dealkylation sites (tertiary alicyclic amines) is 1. The van der Waals surface area contributed by atoms with E-state index in [9.17, 15) is 14.4 Å². The number of rotatable bonds is 6. The number of nitrogens with one attached hydrogen (secondary N) is 1. The highest BCUT2D eigenvalue weighted by molar-refractivity contribution is 7.09. The standard InChI is InChI=1S/C22H24N4O3S/c27-20-14-24-18-5-1-2-6-19(18)26(20)15-21(28)25-11-8-16(9-12-25)22(29)23-10-7-17-4-3-13-30-17/h1-6,13-14,16H,7-12,15H2,(H,23,29). The SMILES string of the molecule is O=C(NCCc1cccs1)C1CCN(C(=O)Cn2c(=O)cnc3ccccc32)CC1. The van der Waals surface area contributed by atoms with Crippen molar-refractivity contribution in [2.45, 2.75) is 25.8 Å². The van der Waals surface area contributed by atoms with Crippen molar-refractivity contribution in [3.8, 4) is 0 Å². The molecule has 2 amide bonds. The molecule has 0 aliphatic carbocycles. The molecular formula is C22H24N4O3S. The third kappa shape index (κ3) is 4.59. The van der Waals surface area contributed by atoms with Crippen LogP contribution in [-0.4, -0.2) is 45.9 Å². The normalized spacial score (nSPS) is 14.7. The van der Waals surface area contributed by atoms with Crippen molar-refractivity contribution in [1.29, 1.82) is 0 Å². The number of para-hydroxylation sites is 2. The van der Waals surface area contributed by atoms with E-state index in [0.29, 0.717) is 43.5 Å². The summed E-state index contributed by atoms with van der Waals surface area (Å²) in [6, 6.07) is 11.4. The van der Waals surface area contributed by atoms with Crippen LogP contribution >= 0.6 is 11.3 Å². The molecule has 1 aliphatic rings. The minimum atomic E-state index is -0.290. The maximum atomic E-state index is 12.8. The minimum Gasteiger partial charge on any atom is -0.355 e. The summed E-state index contributed by atoms with van der Waals surface area (Å²) in [7, 11) is 0. The Morgan fingerprint density at radius 3 is 2.70 bits per heavy atom. The first-order valence-electron chi connectivity index (χ1n) is 10.1. The molecule has 7 nitrogen and oxygen atoms in total. The van der Waals surface area contributed by atoms with Gasteiger partial charge in [-0.1, -0.05) is 18.2 Å². The Morgan fingerprint density at radius 2 is 1.93 bits per heavy atom. The summed E-state index contributed by atoms with van der Waals surface area (Å²) < 4.78 is 1.47. The predicted octanol–water partition coefficient (Wildman–Crippen LogP) is 2.06. The summed E-state index contributed by atoms with van der Waals surface area (Å²) in [6.07, 6.45) is 3.38. The van der Waals surface area contributed by atoms with E-state index in [2.05, 4.69) is 16.4 Å². The quantitative estimate of drug-likeness (QED) is 0.656. The van der Waals surface area contributed by atoms with Crippen LogP contribution in [0, 0.1) is 5.92 Å².